The molecule has 1 saturated heterocycles. The van der Waals surface area contributed by atoms with Gasteiger partial charge in [0.25, 0.3) is 11.1 Å². The predicted molar refractivity (Wildman–Crippen MR) is 150 cm³/mol. The molecule has 2 amide bonds. The molecule has 5 nitrogen and oxygen atoms in total. The summed E-state index contributed by atoms with van der Waals surface area (Å²) in [5.41, 5.74) is 4.50. The molecule has 8 heteroatoms. The van der Waals surface area contributed by atoms with Crippen molar-refractivity contribution in [2.75, 3.05) is 6.54 Å². The zero-order valence-corrected chi connectivity index (χ0v) is 22.2. The number of para-hydroxylation sites is 1. The molecule has 1 aromatic heterocycles. The van der Waals surface area contributed by atoms with E-state index in [4.69, 9.17) is 23.2 Å². The summed E-state index contributed by atoms with van der Waals surface area (Å²) in [6.07, 6.45) is 4.56. The van der Waals surface area contributed by atoms with Crippen LogP contribution in [-0.4, -0.2) is 32.9 Å². The first-order valence-corrected chi connectivity index (χ1v) is 13.3. The fourth-order valence-electron chi connectivity index (χ4n) is 4.46. The second-order valence-corrected chi connectivity index (χ2v) is 10.5. The van der Waals surface area contributed by atoms with E-state index in [0.29, 0.717) is 27.1 Å². The van der Waals surface area contributed by atoms with Gasteiger partial charge in [0.15, 0.2) is 5.78 Å². The van der Waals surface area contributed by atoms with Gasteiger partial charge in [-0.1, -0.05) is 84.7 Å². The molecule has 2 heterocycles. The Morgan fingerprint density at radius 2 is 1.76 bits per heavy atom. The summed E-state index contributed by atoms with van der Waals surface area (Å²) in [6, 6.07) is 20.3. The first kappa shape index (κ1) is 25.3. The number of ketones is 1. The topological polar surface area (TPSA) is 59.4 Å². The summed E-state index contributed by atoms with van der Waals surface area (Å²) in [5.74, 6) is -0.744. The number of carbonyl (C=O) groups excluding carboxylic acids is 3. The van der Waals surface area contributed by atoms with Gasteiger partial charge in [-0.2, -0.15) is 0 Å². The third kappa shape index (κ3) is 5.10. The molecular formula is C29H22Cl2N2O3S. The minimum atomic E-state index is -0.462. The van der Waals surface area contributed by atoms with Crippen LogP contribution in [0.1, 0.15) is 34.0 Å². The third-order valence-electron chi connectivity index (χ3n) is 6.29. The molecular weight excluding hydrogens is 527 g/mol. The Morgan fingerprint density at radius 3 is 2.49 bits per heavy atom. The van der Waals surface area contributed by atoms with E-state index in [1.165, 1.54) is 5.56 Å². The molecule has 5 rings (SSSR count). The SMILES string of the molecule is CCc1cccc2c(/C=C3\SC(=O)N(CC(=O)c4ccccc4)C3=O)cn(Cc3ccc(Cl)c(Cl)c3)c12. The van der Waals surface area contributed by atoms with Gasteiger partial charge in [0.2, 0.25) is 0 Å². The van der Waals surface area contributed by atoms with Crippen molar-refractivity contribution in [2.24, 2.45) is 0 Å². The van der Waals surface area contributed by atoms with E-state index in [0.717, 1.165) is 45.1 Å². The average Bonchev–Trinajstić information content (AvgIpc) is 3.38. The van der Waals surface area contributed by atoms with E-state index in [9.17, 15) is 14.4 Å². The zero-order chi connectivity index (χ0) is 26.1. The van der Waals surface area contributed by atoms with Crippen LogP contribution in [0.25, 0.3) is 17.0 Å². The van der Waals surface area contributed by atoms with Crippen LogP contribution >= 0.6 is 35.0 Å². The standard InChI is InChI=1S/C29H22Cl2N2O3S/c1-2-19-9-6-10-22-21(16-32(27(19)22)15-18-11-12-23(30)24(31)13-18)14-26-28(35)33(29(36)37-26)17-25(34)20-7-4-3-5-8-20/h3-14,16H,2,15,17H2,1H3/b26-14-. The van der Waals surface area contributed by atoms with Gasteiger partial charge in [-0.25, -0.2) is 0 Å². The Bertz CT molecular complexity index is 1580. The maximum atomic E-state index is 13.1. The van der Waals surface area contributed by atoms with Gasteiger partial charge in [-0.05, 0) is 47.5 Å². The van der Waals surface area contributed by atoms with Crippen molar-refractivity contribution in [3.63, 3.8) is 0 Å². The molecule has 0 aliphatic carbocycles. The van der Waals surface area contributed by atoms with Gasteiger partial charge in [-0.15, -0.1) is 0 Å². The number of halogens is 2. The monoisotopic (exact) mass is 548 g/mol. The van der Waals surface area contributed by atoms with E-state index < -0.39 is 11.1 Å². The molecule has 0 radical (unpaired) electrons. The minimum Gasteiger partial charge on any atom is -0.342 e. The van der Waals surface area contributed by atoms with Crippen LogP contribution in [0.15, 0.2) is 77.8 Å². The number of carbonyl (C=O) groups is 3. The Labute approximate surface area is 228 Å². The second kappa shape index (κ2) is 10.6. The fourth-order valence-corrected chi connectivity index (χ4v) is 5.61. The predicted octanol–water partition coefficient (Wildman–Crippen LogP) is 7.48. The highest BCUT2D eigenvalue weighted by Gasteiger charge is 2.36. The molecule has 0 bridgehead atoms. The van der Waals surface area contributed by atoms with Gasteiger partial charge in [0.1, 0.15) is 0 Å². The molecule has 0 atom stereocenters. The van der Waals surface area contributed by atoms with Gasteiger partial charge in [0.05, 0.1) is 27.0 Å². The molecule has 1 aliphatic rings. The molecule has 1 fully saturated rings. The summed E-state index contributed by atoms with van der Waals surface area (Å²) in [5, 5.41) is 1.52. The van der Waals surface area contributed by atoms with E-state index in [2.05, 4.69) is 17.6 Å². The van der Waals surface area contributed by atoms with Crippen LogP contribution in [0.2, 0.25) is 10.0 Å². The first-order valence-electron chi connectivity index (χ1n) is 11.7. The number of rotatable bonds is 7. The lowest BCUT2D eigenvalue weighted by Gasteiger charge is -2.11. The Kier molecular flexibility index (Phi) is 7.24. The largest absolute Gasteiger partial charge is 0.342 e. The van der Waals surface area contributed by atoms with Crippen molar-refractivity contribution in [1.29, 1.82) is 0 Å². The molecule has 0 unspecified atom stereocenters. The molecule has 3 aromatic carbocycles. The molecule has 4 aromatic rings. The zero-order valence-electron chi connectivity index (χ0n) is 19.9. The smallest absolute Gasteiger partial charge is 0.293 e. The van der Waals surface area contributed by atoms with Crippen LogP contribution in [0, 0.1) is 0 Å². The van der Waals surface area contributed by atoms with E-state index in [1.807, 2.05) is 36.5 Å². The van der Waals surface area contributed by atoms with Crippen LogP contribution in [0.5, 0.6) is 0 Å². The molecule has 186 valence electrons. The summed E-state index contributed by atoms with van der Waals surface area (Å²) in [6.45, 7) is 2.37. The Balaban J connectivity index is 1.49. The highest BCUT2D eigenvalue weighted by Crippen LogP contribution is 2.35. The lowest BCUT2D eigenvalue weighted by atomic mass is 10.1. The number of hydrogen-bond acceptors (Lipinski definition) is 4. The van der Waals surface area contributed by atoms with E-state index >= 15 is 0 Å². The minimum absolute atomic E-state index is 0.282. The number of fused-ring (bicyclic) bond motifs is 1. The first-order chi connectivity index (χ1) is 17.9. The van der Waals surface area contributed by atoms with Crippen LogP contribution in [-0.2, 0) is 17.8 Å². The number of imide groups is 1. The lowest BCUT2D eigenvalue weighted by molar-refractivity contribution is -0.122. The van der Waals surface area contributed by atoms with Gasteiger partial charge < -0.3 is 4.57 Å². The molecule has 0 saturated carbocycles. The lowest BCUT2D eigenvalue weighted by Crippen LogP contribution is -2.33. The summed E-state index contributed by atoms with van der Waals surface area (Å²) < 4.78 is 2.13. The van der Waals surface area contributed by atoms with Crippen LogP contribution < -0.4 is 0 Å². The van der Waals surface area contributed by atoms with Crippen molar-refractivity contribution in [2.45, 2.75) is 19.9 Å². The maximum Gasteiger partial charge on any atom is 0.293 e. The number of nitrogens with zero attached hydrogens (tertiary/aromatic N) is 2. The van der Waals surface area contributed by atoms with Crippen molar-refractivity contribution < 1.29 is 14.4 Å². The van der Waals surface area contributed by atoms with Crippen LogP contribution in [0.3, 0.4) is 0 Å². The fraction of sp³-hybridized carbons (Fsp3) is 0.138. The van der Waals surface area contributed by atoms with Crippen molar-refractivity contribution in [3.05, 3.63) is 110 Å². The van der Waals surface area contributed by atoms with E-state index in [1.54, 1.807) is 36.4 Å². The number of aryl methyl sites for hydroxylation is 1. The summed E-state index contributed by atoms with van der Waals surface area (Å²) in [7, 11) is 0. The maximum absolute atomic E-state index is 13.1. The summed E-state index contributed by atoms with van der Waals surface area (Å²) in [4.78, 5) is 39.7. The van der Waals surface area contributed by atoms with Crippen LogP contribution in [0.4, 0.5) is 4.79 Å². The van der Waals surface area contributed by atoms with Crippen molar-refractivity contribution in [3.8, 4) is 0 Å². The van der Waals surface area contributed by atoms with E-state index in [-0.39, 0.29) is 12.3 Å². The van der Waals surface area contributed by atoms with Crippen molar-refractivity contribution in [1.82, 2.24) is 9.47 Å². The number of amides is 2. The Hall–Kier alpha value is -3.32. The van der Waals surface area contributed by atoms with Gasteiger partial charge in [-0.3, -0.25) is 19.3 Å². The Morgan fingerprint density at radius 1 is 0.973 bits per heavy atom. The third-order valence-corrected chi connectivity index (χ3v) is 7.93. The molecule has 37 heavy (non-hydrogen) atoms. The number of benzene rings is 3. The number of hydrogen-bond donors (Lipinski definition) is 0. The highest BCUT2D eigenvalue weighted by molar-refractivity contribution is 8.18. The quantitative estimate of drug-likeness (QED) is 0.177. The number of Topliss-reactive ketones (excluding diaryl/α,β-unsaturated/α-hetero) is 1. The molecule has 1 aliphatic heterocycles. The van der Waals surface area contributed by atoms with Crippen molar-refractivity contribution >= 4 is 68.9 Å². The number of aromatic nitrogens is 1. The van der Waals surface area contributed by atoms with Gasteiger partial charge >= 0.3 is 0 Å². The summed E-state index contributed by atoms with van der Waals surface area (Å²) >= 11 is 13.2. The average molecular weight is 549 g/mol. The second-order valence-electron chi connectivity index (χ2n) is 8.68. The van der Waals surface area contributed by atoms with Gasteiger partial charge in [0, 0.05) is 29.3 Å². The molecule has 0 N–H and O–H groups in total. The number of thioether (sulfide) groups is 1. The highest BCUT2D eigenvalue weighted by atomic mass is 35.5. The molecule has 0 spiro atoms. The normalized spacial score (nSPS) is 14.8.